The average Bonchev–Trinajstić information content (AvgIpc) is 2.53. The van der Waals surface area contributed by atoms with E-state index >= 15 is 0 Å². The summed E-state index contributed by atoms with van der Waals surface area (Å²) >= 11 is 1.64. The first-order chi connectivity index (χ1) is 10.7. The maximum atomic E-state index is 9.67. The molecule has 1 aliphatic heterocycles. The van der Waals surface area contributed by atoms with Crippen molar-refractivity contribution in [2.45, 2.75) is 32.2 Å². The summed E-state index contributed by atoms with van der Waals surface area (Å²) < 4.78 is 5.76. The lowest BCUT2D eigenvalue weighted by atomic mass is 9.84. The van der Waals surface area contributed by atoms with E-state index in [1.807, 2.05) is 31.2 Å². The molecule has 2 rings (SSSR count). The van der Waals surface area contributed by atoms with Crippen LogP contribution in [0.5, 0.6) is 5.75 Å². The summed E-state index contributed by atoms with van der Waals surface area (Å²) in [6.07, 6.45) is 2.75. The average molecular weight is 314 g/mol. The van der Waals surface area contributed by atoms with E-state index in [1.54, 1.807) is 11.8 Å². The SMILES string of the molecule is C=CCSC1=C(C#N)C(c2ccccc2OCC)CC(C)N1. The van der Waals surface area contributed by atoms with Gasteiger partial charge in [-0.3, -0.25) is 0 Å². The number of allylic oxidation sites excluding steroid dienone is 1. The molecule has 116 valence electrons. The largest absolute Gasteiger partial charge is 0.494 e. The van der Waals surface area contributed by atoms with Gasteiger partial charge in [0.25, 0.3) is 0 Å². The van der Waals surface area contributed by atoms with Gasteiger partial charge < -0.3 is 10.1 Å². The molecule has 0 amide bonds. The Hall–Kier alpha value is -1.86. The topological polar surface area (TPSA) is 45.0 Å². The Morgan fingerprint density at radius 2 is 2.27 bits per heavy atom. The minimum atomic E-state index is 0.0799. The predicted octanol–water partition coefficient (Wildman–Crippen LogP) is 4.21. The normalized spacial score (nSPS) is 21.0. The van der Waals surface area contributed by atoms with Crippen molar-refractivity contribution in [2.24, 2.45) is 0 Å². The number of hydrogen-bond acceptors (Lipinski definition) is 4. The minimum Gasteiger partial charge on any atom is -0.494 e. The molecule has 0 spiro atoms. The molecule has 0 saturated heterocycles. The minimum absolute atomic E-state index is 0.0799. The van der Waals surface area contributed by atoms with Crippen molar-refractivity contribution in [2.75, 3.05) is 12.4 Å². The molecule has 0 bridgehead atoms. The van der Waals surface area contributed by atoms with Crippen LogP contribution in [-0.4, -0.2) is 18.4 Å². The molecule has 0 saturated carbocycles. The molecule has 2 unspecified atom stereocenters. The van der Waals surface area contributed by atoms with Crippen LogP contribution in [0.25, 0.3) is 0 Å². The number of para-hydroxylation sites is 1. The maximum absolute atomic E-state index is 9.67. The molecular formula is C18H22N2OS. The van der Waals surface area contributed by atoms with Crippen molar-refractivity contribution < 1.29 is 4.74 Å². The van der Waals surface area contributed by atoms with Crippen LogP contribution >= 0.6 is 11.8 Å². The molecule has 4 heteroatoms. The van der Waals surface area contributed by atoms with Crippen LogP contribution in [0.4, 0.5) is 0 Å². The van der Waals surface area contributed by atoms with Gasteiger partial charge in [0.15, 0.2) is 0 Å². The fraction of sp³-hybridized carbons (Fsp3) is 0.389. The molecule has 0 radical (unpaired) electrons. The van der Waals surface area contributed by atoms with Gasteiger partial charge in [-0.15, -0.1) is 18.3 Å². The Morgan fingerprint density at radius 1 is 1.50 bits per heavy atom. The quantitative estimate of drug-likeness (QED) is 0.799. The molecule has 2 atom stereocenters. The van der Waals surface area contributed by atoms with E-state index in [9.17, 15) is 5.26 Å². The van der Waals surface area contributed by atoms with Gasteiger partial charge in [-0.05, 0) is 26.3 Å². The molecular weight excluding hydrogens is 292 g/mol. The number of nitriles is 1. The first-order valence-electron chi connectivity index (χ1n) is 7.57. The van der Waals surface area contributed by atoms with Crippen molar-refractivity contribution in [3.05, 3.63) is 53.1 Å². The monoisotopic (exact) mass is 314 g/mol. The number of nitrogens with one attached hydrogen (secondary N) is 1. The number of hydrogen-bond donors (Lipinski definition) is 1. The number of nitrogens with zero attached hydrogens (tertiary/aromatic N) is 1. The molecule has 1 heterocycles. The first kappa shape index (κ1) is 16.5. The van der Waals surface area contributed by atoms with Crippen molar-refractivity contribution in [1.82, 2.24) is 5.32 Å². The number of ether oxygens (including phenoxy) is 1. The zero-order valence-electron chi connectivity index (χ0n) is 13.1. The molecule has 0 aromatic heterocycles. The van der Waals surface area contributed by atoms with Crippen LogP contribution in [0.3, 0.4) is 0 Å². The summed E-state index contributed by atoms with van der Waals surface area (Å²) in [5, 5.41) is 14.1. The highest BCUT2D eigenvalue weighted by molar-refractivity contribution is 8.03. The summed E-state index contributed by atoms with van der Waals surface area (Å²) in [6.45, 7) is 8.51. The first-order valence-corrected chi connectivity index (χ1v) is 8.56. The fourth-order valence-electron chi connectivity index (χ4n) is 2.72. The molecule has 1 N–H and O–H groups in total. The van der Waals surface area contributed by atoms with Crippen LogP contribution in [-0.2, 0) is 0 Å². The van der Waals surface area contributed by atoms with Crippen molar-refractivity contribution in [3.63, 3.8) is 0 Å². The lowest BCUT2D eigenvalue weighted by Gasteiger charge is -2.31. The summed E-state index contributed by atoms with van der Waals surface area (Å²) in [5.41, 5.74) is 1.91. The van der Waals surface area contributed by atoms with Crippen LogP contribution in [0.15, 0.2) is 47.5 Å². The summed E-state index contributed by atoms with van der Waals surface area (Å²) in [5.74, 6) is 1.75. The summed E-state index contributed by atoms with van der Waals surface area (Å²) in [4.78, 5) is 0. The number of rotatable bonds is 6. The van der Waals surface area contributed by atoms with Gasteiger partial charge in [0, 0.05) is 23.3 Å². The zero-order chi connectivity index (χ0) is 15.9. The van der Waals surface area contributed by atoms with Crippen LogP contribution in [0, 0.1) is 11.3 Å². The van der Waals surface area contributed by atoms with Gasteiger partial charge >= 0.3 is 0 Å². The Morgan fingerprint density at radius 3 is 2.95 bits per heavy atom. The van der Waals surface area contributed by atoms with E-state index in [-0.39, 0.29) is 5.92 Å². The van der Waals surface area contributed by atoms with E-state index in [2.05, 4.69) is 31.0 Å². The van der Waals surface area contributed by atoms with Gasteiger partial charge in [-0.1, -0.05) is 24.3 Å². The Labute approximate surface area is 137 Å². The second-order valence-electron chi connectivity index (χ2n) is 5.26. The van der Waals surface area contributed by atoms with Crippen molar-refractivity contribution >= 4 is 11.8 Å². The number of benzene rings is 1. The zero-order valence-corrected chi connectivity index (χ0v) is 14.0. The molecule has 0 aliphatic carbocycles. The molecule has 1 aromatic carbocycles. The van der Waals surface area contributed by atoms with Gasteiger partial charge in [0.2, 0.25) is 0 Å². The highest BCUT2D eigenvalue weighted by atomic mass is 32.2. The second-order valence-corrected chi connectivity index (χ2v) is 6.29. The molecule has 1 aromatic rings. The summed E-state index contributed by atoms with van der Waals surface area (Å²) in [6, 6.07) is 10.8. The van der Waals surface area contributed by atoms with E-state index in [0.29, 0.717) is 12.6 Å². The maximum Gasteiger partial charge on any atom is 0.123 e. The third-order valence-electron chi connectivity index (χ3n) is 3.62. The Balaban J connectivity index is 2.43. The van der Waals surface area contributed by atoms with E-state index in [1.165, 1.54) is 0 Å². The van der Waals surface area contributed by atoms with Crippen LogP contribution in [0.1, 0.15) is 31.7 Å². The Bertz CT molecular complexity index is 603. The smallest absolute Gasteiger partial charge is 0.123 e. The predicted molar refractivity (Wildman–Crippen MR) is 92.9 cm³/mol. The van der Waals surface area contributed by atoms with Gasteiger partial charge in [-0.25, -0.2) is 0 Å². The third kappa shape index (κ3) is 3.66. The third-order valence-corrected chi connectivity index (χ3v) is 4.65. The lowest BCUT2D eigenvalue weighted by Crippen LogP contribution is -2.33. The second kappa shape index (κ2) is 7.95. The van der Waals surface area contributed by atoms with Crippen molar-refractivity contribution in [3.8, 4) is 11.8 Å². The van der Waals surface area contributed by atoms with Crippen LogP contribution in [0.2, 0.25) is 0 Å². The number of thioether (sulfide) groups is 1. The van der Waals surface area contributed by atoms with Crippen LogP contribution < -0.4 is 10.1 Å². The van der Waals surface area contributed by atoms with E-state index < -0.39 is 0 Å². The van der Waals surface area contributed by atoms with Gasteiger partial charge in [0.05, 0.1) is 23.3 Å². The molecule has 1 aliphatic rings. The molecule has 3 nitrogen and oxygen atoms in total. The fourth-order valence-corrected chi connectivity index (χ4v) is 3.63. The highest BCUT2D eigenvalue weighted by Crippen LogP contribution is 2.40. The van der Waals surface area contributed by atoms with Gasteiger partial charge in [0.1, 0.15) is 5.75 Å². The van der Waals surface area contributed by atoms with Gasteiger partial charge in [-0.2, -0.15) is 5.26 Å². The highest BCUT2D eigenvalue weighted by Gasteiger charge is 2.30. The lowest BCUT2D eigenvalue weighted by molar-refractivity contribution is 0.333. The van der Waals surface area contributed by atoms with Crippen molar-refractivity contribution in [1.29, 1.82) is 5.26 Å². The van der Waals surface area contributed by atoms with E-state index in [4.69, 9.17) is 4.74 Å². The molecule has 0 fully saturated rings. The molecule has 22 heavy (non-hydrogen) atoms. The standard InChI is InChI=1S/C18H22N2OS/c1-4-10-22-18-16(12-19)15(11-13(3)20-18)14-8-6-7-9-17(14)21-5-2/h4,6-9,13,15,20H,1,5,10-11H2,2-3H3. The summed E-state index contributed by atoms with van der Waals surface area (Å²) in [7, 11) is 0. The van der Waals surface area contributed by atoms with E-state index in [0.717, 1.165) is 34.1 Å². The Kier molecular flexibility index (Phi) is 5.97.